The number of H-pyrrole nitrogens is 1. The Morgan fingerprint density at radius 1 is 1.50 bits per heavy atom. The molecule has 0 fully saturated rings. The van der Waals surface area contributed by atoms with Crippen molar-refractivity contribution in [1.82, 2.24) is 19.9 Å². The van der Waals surface area contributed by atoms with E-state index in [0.717, 1.165) is 11.3 Å². The van der Waals surface area contributed by atoms with Gasteiger partial charge in [0.15, 0.2) is 10.8 Å². The largest absolute Gasteiger partial charge is 0.334 e. The Hall–Kier alpha value is -2.01. The average molecular weight is 262 g/mol. The highest BCUT2D eigenvalue weighted by molar-refractivity contribution is 6.33. The molecule has 0 aliphatic rings. The Morgan fingerprint density at radius 2 is 2.28 bits per heavy atom. The van der Waals surface area contributed by atoms with Crippen molar-refractivity contribution in [1.29, 1.82) is 0 Å². The standard InChI is InChI=1S/C12H12ClN5/c1-4-8(5-14-7(2)3)11-17-9-10(13)15-6-16-12(9)18-11/h4-6H,2H2,1,3H3,(H,15,16,17,18)/b8-4+,14-5?. The number of imidazole rings is 1. The summed E-state index contributed by atoms with van der Waals surface area (Å²) in [5.74, 6) is 0.653. The van der Waals surface area contributed by atoms with Crippen LogP contribution >= 0.6 is 11.6 Å². The smallest absolute Gasteiger partial charge is 0.182 e. The molecule has 5 nitrogen and oxygen atoms in total. The molecule has 0 radical (unpaired) electrons. The molecule has 0 spiro atoms. The predicted octanol–water partition coefficient (Wildman–Crippen LogP) is 3.01. The molecule has 0 amide bonds. The van der Waals surface area contributed by atoms with Crippen LogP contribution in [-0.4, -0.2) is 26.2 Å². The molecular weight excluding hydrogens is 250 g/mol. The molecule has 0 saturated heterocycles. The number of hydrogen-bond donors (Lipinski definition) is 1. The minimum absolute atomic E-state index is 0.353. The second-order valence-corrected chi connectivity index (χ2v) is 4.04. The zero-order valence-corrected chi connectivity index (χ0v) is 10.9. The number of aromatic nitrogens is 4. The van der Waals surface area contributed by atoms with Crippen molar-refractivity contribution in [2.24, 2.45) is 4.99 Å². The van der Waals surface area contributed by atoms with Crippen LogP contribution in [0.25, 0.3) is 16.7 Å². The lowest BCUT2D eigenvalue weighted by Gasteiger charge is -1.95. The van der Waals surface area contributed by atoms with Crippen molar-refractivity contribution in [2.75, 3.05) is 0 Å². The fraction of sp³-hybridized carbons (Fsp3) is 0.167. The van der Waals surface area contributed by atoms with Crippen molar-refractivity contribution < 1.29 is 0 Å². The van der Waals surface area contributed by atoms with Gasteiger partial charge in [-0.15, -0.1) is 0 Å². The van der Waals surface area contributed by atoms with Gasteiger partial charge in [-0.3, -0.25) is 4.99 Å². The third-order valence-electron chi connectivity index (χ3n) is 2.25. The van der Waals surface area contributed by atoms with Gasteiger partial charge >= 0.3 is 0 Å². The number of aromatic amines is 1. The lowest BCUT2D eigenvalue weighted by molar-refractivity contribution is 1.20. The summed E-state index contributed by atoms with van der Waals surface area (Å²) in [6, 6.07) is 0. The van der Waals surface area contributed by atoms with Crippen LogP contribution in [0.1, 0.15) is 19.7 Å². The second-order valence-electron chi connectivity index (χ2n) is 3.69. The van der Waals surface area contributed by atoms with Gasteiger partial charge in [0.25, 0.3) is 0 Å². The van der Waals surface area contributed by atoms with E-state index in [4.69, 9.17) is 11.6 Å². The van der Waals surface area contributed by atoms with Crippen LogP contribution in [0, 0.1) is 0 Å². The molecule has 1 N–H and O–H groups in total. The lowest BCUT2D eigenvalue weighted by atomic mass is 10.2. The van der Waals surface area contributed by atoms with Crippen LogP contribution in [0.15, 0.2) is 29.7 Å². The number of fused-ring (bicyclic) bond motifs is 1. The van der Waals surface area contributed by atoms with E-state index in [1.54, 1.807) is 6.21 Å². The maximum Gasteiger partial charge on any atom is 0.182 e. The van der Waals surface area contributed by atoms with Crippen molar-refractivity contribution in [3.05, 3.63) is 35.7 Å². The molecule has 0 unspecified atom stereocenters. The summed E-state index contributed by atoms with van der Waals surface area (Å²) < 4.78 is 0. The normalized spacial score (nSPS) is 12.5. The lowest BCUT2D eigenvalue weighted by Crippen LogP contribution is -1.88. The molecule has 0 atom stereocenters. The quantitative estimate of drug-likeness (QED) is 0.682. The molecule has 2 aromatic heterocycles. The van der Waals surface area contributed by atoms with Gasteiger partial charge in [0.2, 0.25) is 0 Å². The van der Waals surface area contributed by atoms with Crippen LogP contribution in [-0.2, 0) is 0 Å². The summed E-state index contributed by atoms with van der Waals surface area (Å²) in [5.41, 5.74) is 2.72. The van der Waals surface area contributed by atoms with Gasteiger partial charge in [-0.05, 0) is 13.8 Å². The van der Waals surface area contributed by atoms with E-state index in [0.29, 0.717) is 22.1 Å². The van der Waals surface area contributed by atoms with E-state index in [9.17, 15) is 0 Å². The molecular formula is C12H12ClN5. The van der Waals surface area contributed by atoms with Crippen molar-refractivity contribution in [3.8, 4) is 0 Å². The van der Waals surface area contributed by atoms with E-state index >= 15 is 0 Å². The minimum atomic E-state index is 0.353. The topological polar surface area (TPSA) is 66.8 Å². The van der Waals surface area contributed by atoms with Gasteiger partial charge in [0.05, 0.1) is 0 Å². The second kappa shape index (κ2) is 5.10. The van der Waals surface area contributed by atoms with Crippen molar-refractivity contribution in [2.45, 2.75) is 13.8 Å². The molecule has 2 rings (SSSR count). The fourth-order valence-corrected chi connectivity index (χ4v) is 1.56. The summed E-state index contributed by atoms with van der Waals surface area (Å²) in [4.78, 5) is 19.5. The maximum absolute atomic E-state index is 5.96. The van der Waals surface area contributed by atoms with E-state index in [1.165, 1.54) is 6.33 Å². The monoisotopic (exact) mass is 261 g/mol. The van der Waals surface area contributed by atoms with Gasteiger partial charge in [-0.25, -0.2) is 15.0 Å². The molecule has 0 saturated carbocycles. The first-order valence-corrected chi connectivity index (χ1v) is 5.72. The molecule has 2 heterocycles. The number of halogens is 1. The number of hydrogen-bond acceptors (Lipinski definition) is 4. The van der Waals surface area contributed by atoms with Crippen LogP contribution in [0.5, 0.6) is 0 Å². The molecule has 2 aromatic rings. The zero-order chi connectivity index (χ0) is 13.1. The highest BCUT2D eigenvalue weighted by atomic mass is 35.5. The van der Waals surface area contributed by atoms with Crippen LogP contribution in [0.4, 0.5) is 0 Å². The number of rotatable bonds is 3. The van der Waals surface area contributed by atoms with Crippen LogP contribution in [0.2, 0.25) is 5.15 Å². The average Bonchev–Trinajstić information content (AvgIpc) is 2.75. The van der Waals surface area contributed by atoms with Gasteiger partial charge in [-0.2, -0.15) is 0 Å². The van der Waals surface area contributed by atoms with Crippen molar-refractivity contribution in [3.63, 3.8) is 0 Å². The zero-order valence-electron chi connectivity index (χ0n) is 10.1. The van der Waals surface area contributed by atoms with E-state index < -0.39 is 0 Å². The molecule has 0 bridgehead atoms. The first-order chi connectivity index (χ1) is 8.61. The Bertz CT molecular complexity index is 654. The van der Waals surface area contributed by atoms with E-state index in [1.807, 2.05) is 19.9 Å². The number of aliphatic imine (C=N–C) groups is 1. The first-order valence-electron chi connectivity index (χ1n) is 5.34. The highest BCUT2D eigenvalue weighted by Crippen LogP contribution is 2.19. The van der Waals surface area contributed by atoms with Gasteiger partial charge < -0.3 is 4.98 Å². The third kappa shape index (κ3) is 2.46. The van der Waals surface area contributed by atoms with Gasteiger partial charge in [0, 0.05) is 17.5 Å². The van der Waals surface area contributed by atoms with E-state index in [-0.39, 0.29) is 0 Å². The molecule has 0 aliphatic carbocycles. The Kier molecular flexibility index (Phi) is 3.53. The Balaban J connectivity index is 2.47. The van der Waals surface area contributed by atoms with Gasteiger partial charge in [-0.1, -0.05) is 24.3 Å². The maximum atomic E-state index is 5.96. The summed E-state index contributed by atoms with van der Waals surface area (Å²) in [6.45, 7) is 7.44. The van der Waals surface area contributed by atoms with Crippen LogP contribution < -0.4 is 0 Å². The fourth-order valence-electron chi connectivity index (χ4n) is 1.39. The van der Waals surface area contributed by atoms with E-state index in [2.05, 4.69) is 31.5 Å². The van der Waals surface area contributed by atoms with Gasteiger partial charge in [0.1, 0.15) is 17.7 Å². The molecule has 0 aliphatic heterocycles. The Labute approximate surface area is 109 Å². The third-order valence-corrected chi connectivity index (χ3v) is 2.54. The predicted molar refractivity (Wildman–Crippen MR) is 73.7 cm³/mol. The molecule has 18 heavy (non-hydrogen) atoms. The highest BCUT2D eigenvalue weighted by Gasteiger charge is 2.09. The summed E-state index contributed by atoms with van der Waals surface area (Å²) in [7, 11) is 0. The molecule has 92 valence electrons. The number of allylic oxidation sites excluding steroid dienone is 3. The summed E-state index contributed by atoms with van der Waals surface area (Å²) in [6.07, 6.45) is 4.97. The molecule has 6 heteroatoms. The summed E-state index contributed by atoms with van der Waals surface area (Å²) >= 11 is 5.96. The number of nitrogens with zero attached hydrogens (tertiary/aromatic N) is 4. The SMILES string of the molecule is C=C(C)N=C/C(=C\C)c1nc2ncnc(Cl)c2[nH]1. The molecule has 0 aromatic carbocycles. The minimum Gasteiger partial charge on any atom is -0.334 e. The summed E-state index contributed by atoms with van der Waals surface area (Å²) in [5, 5.41) is 0.353. The Morgan fingerprint density at radius 3 is 2.89 bits per heavy atom. The van der Waals surface area contributed by atoms with Crippen LogP contribution in [0.3, 0.4) is 0 Å². The van der Waals surface area contributed by atoms with Crippen molar-refractivity contribution >= 4 is 34.6 Å². The number of nitrogens with one attached hydrogen (secondary N) is 1. The first kappa shape index (κ1) is 12.4.